The lowest BCUT2D eigenvalue weighted by atomic mass is 10.0. The largest absolute Gasteiger partial charge is 0.299 e. The molecule has 0 atom stereocenters. The van der Waals surface area contributed by atoms with Crippen LogP contribution in [-0.2, 0) is 19.2 Å². The van der Waals surface area contributed by atoms with E-state index in [1.165, 1.54) is 0 Å². The summed E-state index contributed by atoms with van der Waals surface area (Å²) in [6.07, 6.45) is -0.264. The zero-order valence-electron chi connectivity index (χ0n) is 8.46. The van der Waals surface area contributed by atoms with E-state index in [0.717, 1.165) is 0 Å². The number of ketones is 4. The van der Waals surface area contributed by atoms with E-state index < -0.39 is 11.6 Å². The Morgan fingerprint density at radius 1 is 0.714 bits per heavy atom. The fourth-order valence-electron chi connectivity index (χ4n) is 0.805. The quantitative estimate of drug-likeness (QED) is 0.449. The van der Waals surface area contributed by atoms with Gasteiger partial charge in [0.1, 0.15) is 11.6 Å². The predicted octanol–water partition coefficient (Wildman–Crippen LogP) is 0.863. The molecule has 0 radical (unpaired) electrons. The molecule has 0 aliphatic heterocycles. The van der Waals surface area contributed by atoms with Gasteiger partial charge in [-0.1, -0.05) is 13.8 Å². The van der Waals surface area contributed by atoms with E-state index in [1.54, 1.807) is 13.8 Å². The summed E-state index contributed by atoms with van der Waals surface area (Å²) in [5.41, 5.74) is 0. The molecule has 0 amide bonds. The number of carbonyl (C=O) groups excluding carboxylic acids is 4. The highest BCUT2D eigenvalue weighted by Gasteiger charge is 2.18. The predicted molar refractivity (Wildman–Crippen MR) is 49.8 cm³/mol. The third kappa shape index (κ3) is 4.64. The molecule has 0 aromatic rings. The molecule has 14 heavy (non-hydrogen) atoms. The molecule has 0 aliphatic rings. The van der Waals surface area contributed by atoms with E-state index in [9.17, 15) is 19.2 Å². The summed E-state index contributed by atoms with van der Waals surface area (Å²) in [5, 5.41) is 0. The van der Waals surface area contributed by atoms with E-state index in [2.05, 4.69) is 0 Å². The third-order valence-corrected chi connectivity index (χ3v) is 1.82. The highest BCUT2D eigenvalue weighted by Crippen LogP contribution is 1.97. The van der Waals surface area contributed by atoms with Crippen molar-refractivity contribution in [3.8, 4) is 0 Å². The Labute approximate surface area is 82.7 Å². The van der Waals surface area contributed by atoms with Crippen LogP contribution in [0.5, 0.6) is 0 Å². The van der Waals surface area contributed by atoms with Crippen molar-refractivity contribution in [3.05, 3.63) is 0 Å². The second-order valence-electron chi connectivity index (χ2n) is 2.98. The first-order valence-electron chi connectivity index (χ1n) is 4.60. The SMILES string of the molecule is CCC(=O)CC(=O)C(=O)CC(=O)CC. The normalized spacial score (nSPS) is 9.57. The van der Waals surface area contributed by atoms with E-state index in [4.69, 9.17) is 0 Å². The average Bonchev–Trinajstić information content (AvgIpc) is 2.17. The maximum Gasteiger partial charge on any atom is 0.206 e. The van der Waals surface area contributed by atoms with Crippen LogP contribution in [0.15, 0.2) is 0 Å². The van der Waals surface area contributed by atoms with Gasteiger partial charge in [-0.15, -0.1) is 0 Å². The molecule has 0 aromatic heterocycles. The number of hydrogen-bond donors (Lipinski definition) is 0. The van der Waals surface area contributed by atoms with Crippen LogP contribution in [0.1, 0.15) is 39.5 Å². The number of hydrogen-bond acceptors (Lipinski definition) is 4. The lowest BCUT2D eigenvalue weighted by Crippen LogP contribution is -2.20. The van der Waals surface area contributed by atoms with Crippen molar-refractivity contribution in [3.63, 3.8) is 0 Å². The summed E-state index contributed by atoms with van der Waals surface area (Å²) < 4.78 is 0. The van der Waals surface area contributed by atoms with Crippen molar-refractivity contribution in [2.24, 2.45) is 0 Å². The van der Waals surface area contributed by atoms with Gasteiger partial charge in [0.25, 0.3) is 0 Å². The Balaban J connectivity index is 4.07. The third-order valence-electron chi connectivity index (χ3n) is 1.82. The first-order valence-corrected chi connectivity index (χ1v) is 4.60. The minimum absolute atomic E-state index is 0.237. The molecular formula is C10H14O4. The number of Topliss-reactive ketones (excluding diaryl/α,β-unsaturated/α-hetero) is 4. The summed E-state index contributed by atoms with van der Waals surface area (Å²) in [4.78, 5) is 43.7. The van der Waals surface area contributed by atoms with Gasteiger partial charge in [-0.05, 0) is 0 Å². The van der Waals surface area contributed by atoms with Gasteiger partial charge >= 0.3 is 0 Å². The fourth-order valence-corrected chi connectivity index (χ4v) is 0.805. The Kier molecular flexibility index (Phi) is 5.60. The van der Waals surface area contributed by atoms with Gasteiger partial charge in [-0.25, -0.2) is 0 Å². The van der Waals surface area contributed by atoms with Gasteiger partial charge < -0.3 is 0 Å². The summed E-state index contributed by atoms with van der Waals surface area (Å²) in [6.45, 7) is 3.24. The van der Waals surface area contributed by atoms with E-state index in [1.807, 2.05) is 0 Å². The second-order valence-corrected chi connectivity index (χ2v) is 2.98. The fraction of sp³-hybridized carbons (Fsp3) is 0.600. The monoisotopic (exact) mass is 198 g/mol. The molecular weight excluding hydrogens is 184 g/mol. The highest BCUT2D eigenvalue weighted by atomic mass is 16.2. The van der Waals surface area contributed by atoms with Gasteiger partial charge in [-0.2, -0.15) is 0 Å². The minimum Gasteiger partial charge on any atom is -0.299 e. The van der Waals surface area contributed by atoms with Crippen molar-refractivity contribution in [2.75, 3.05) is 0 Å². The zero-order chi connectivity index (χ0) is 11.1. The van der Waals surface area contributed by atoms with Gasteiger partial charge in [0.2, 0.25) is 11.6 Å². The summed E-state index contributed by atoms with van der Waals surface area (Å²) in [7, 11) is 0. The lowest BCUT2D eigenvalue weighted by molar-refractivity contribution is -0.140. The number of rotatable bonds is 7. The molecule has 0 saturated carbocycles. The molecule has 0 rings (SSSR count). The first kappa shape index (κ1) is 12.7. The number of carbonyl (C=O) groups is 4. The van der Waals surface area contributed by atoms with Crippen molar-refractivity contribution in [2.45, 2.75) is 39.5 Å². The average molecular weight is 198 g/mol. The Bertz CT molecular complexity index is 237. The second kappa shape index (κ2) is 6.18. The Hall–Kier alpha value is -1.32. The lowest BCUT2D eigenvalue weighted by Gasteiger charge is -1.97. The van der Waals surface area contributed by atoms with Crippen LogP contribution >= 0.6 is 0 Å². The molecule has 78 valence electrons. The van der Waals surface area contributed by atoms with E-state index >= 15 is 0 Å². The molecule has 0 aliphatic carbocycles. The Morgan fingerprint density at radius 2 is 1.00 bits per heavy atom. The van der Waals surface area contributed by atoms with Crippen molar-refractivity contribution >= 4 is 23.1 Å². The topological polar surface area (TPSA) is 68.3 Å². The molecule has 4 heteroatoms. The van der Waals surface area contributed by atoms with E-state index in [-0.39, 0.29) is 37.2 Å². The van der Waals surface area contributed by atoms with Gasteiger partial charge in [0.05, 0.1) is 12.8 Å². The van der Waals surface area contributed by atoms with Gasteiger partial charge in [0.15, 0.2) is 0 Å². The van der Waals surface area contributed by atoms with Crippen molar-refractivity contribution in [1.82, 2.24) is 0 Å². The molecule has 0 fully saturated rings. The summed E-state index contributed by atoms with van der Waals surface area (Å²) in [6, 6.07) is 0. The van der Waals surface area contributed by atoms with Crippen LogP contribution in [0.25, 0.3) is 0 Å². The summed E-state index contributed by atoms with van der Waals surface area (Å²) >= 11 is 0. The summed E-state index contributed by atoms with van der Waals surface area (Å²) in [5.74, 6) is -2.04. The van der Waals surface area contributed by atoms with Crippen LogP contribution in [-0.4, -0.2) is 23.1 Å². The molecule has 0 saturated heterocycles. The van der Waals surface area contributed by atoms with Crippen molar-refractivity contribution in [1.29, 1.82) is 0 Å². The van der Waals surface area contributed by atoms with Crippen LogP contribution in [0, 0.1) is 0 Å². The first-order chi connectivity index (χ1) is 6.51. The molecule has 0 N–H and O–H groups in total. The van der Waals surface area contributed by atoms with Gasteiger partial charge in [0, 0.05) is 12.8 Å². The minimum atomic E-state index is -0.751. The van der Waals surface area contributed by atoms with Crippen molar-refractivity contribution < 1.29 is 19.2 Å². The molecule has 0 aromatic carbocycles. The molecule has 0 unspecified atom stereocenters. The van der Waals surface area contributed by atoms with Gasteiger partial charge in [-0.3, -0.25) is 19.2 Å². The molecule has 0 bridgehead atoms. The van der Waals surface area contributed by atoms with Crippen LogP contribution in [0.4, 0.5) is 0 Å². The maximum atomic E-state index is 11.0. The maximum absolute atomic E-state index is 11.0. The van der Waals surface area contributed by atoms with Crippen LogP contribution in [0.2, 0.25) is 0 Å². The molecule has 4 nitrogen and oxygen atoms in total. The van der Waals surface area contributed by atoms with Crippen LogP contribution < -0.4 is 0 Å². The smallest absolute Gasteiger partial charge is 0.206 e. The van der Waals surface area contributed by atoms with Crippen LogP contribution in [0.3, 0.4) is 0 Å². The zero-order valence-corrected chi connectivity index (χ0v) is 8.46. The standard InChI is InChI=1S/C10H14O4/c1-3-7(11)5-9(13)10(14)6-8(12)4-2/h3-6H2,1-2H3. The Morgan fingerprint density at radius 3 is 1.21 bits per heavy atom. The molecule has 0 heterocycles. The molecule has 0 spiro atoms. The highest BCUT2D eigenvalue weighted by molar-refractivity contribution is 6.42. The van der Waals surface area contributed by atoms with E-state index in [0.29, 0.717) is 0 Å².